The summed E-state index contributed by atoms with van der Waals surface area (Å²) in [6.45, 7) is 8.29. The van der Waals surface area contributed by atoms with Crippen molar-refractivity contribution in [3.8, 4) is 17.3 Å². The summed E-state index contributed by atoms with van der Waals surface area (Å²) in [5, 5.41) is 10.9. The van der Waals surface area contributed by atoms with E-state index in [0.717, 1.165) is 32.7 Å². The van der Waals surface area contributed by atoms with E-state index >= 15 is 0 Å². The lowest BCUT2D eigenvalue weighted by Gasteiger charge is -2.29. The molecule has 4 rings (SSSR count). The van der Waals surface area contributed by atoms with Crippen LogP contribution in [0, 0.1) is 0 Å². The first-order valence-electron chi connectivity index (χ1n) is 9.15. The van der Waals surface area contributed by atoms with E-state index in [1.165, 1.54) is 11.0 Å². The van der Waals surface area contributed by atoms with Gasteiger partial charge in [-0.25, -0.2) is 0 Å². The standard InChI is InChI=1S/C20H22N2O4/c1-2-21-7-9-22(10-8-21)13-14-15(23)5-6-18-20(14)16(24)12-19(26-18)17-4-3-11-25-17/h3-6,11-12,23H,2,7-10,13H2,1H3/p+2. The van der Waals surface area contributed by atoms with Crippen LogP contribution in [0.5, 0.6) is 5.75 Å². The molecule has 0 spiro atoms. The van der Waals surface area contributed by atoms with Gasteiger partial charge in [-0.3, -0.25) is 4.79 Å². The smallest absolute Gasteiger partial charge is 0.194 e. The second-order valence-electron chi connectivity index (χ2n) is 6.92. The lowest BCUT2D eigenvalue weighted by molar-refractivity contribution is -1.02. The van der Waals surface area contributed by atoms with E-state index in [9.17, 15) is 9.90 Å². The number of fused-ring (bicyclic) bond motifs is 1. The van der Waals surface area contributed by atoms with E-state index in [2.05, 4.69) is 6.92 Å². The van der Waals surface area contributed by atoms with Gasteiger partial charge in [-0.05, 0) is 31.2 Å². The maximum absolute atomic E-state index is 12.8. The van der Waals surface area contributed by atoms with E-state index in [0.29, 0.717) is 34.6 Å². The predicted molar refractivity (Wildman–Crippen MR) is 97.5 cm³/mol. The van der Waals surface area contributed by atoms with Crippen molar-refractivity contribution in [2.24, 2.45) is 0 Å². The number of hydrogen-bond acceptors (Lipinski definition) is 4. The first-order chi connectivity index (χ1) is 12.7. The minimum Gasteiger partial charge on any atom is -0.507 e. The zero-order valence-corrected chi connectivity index (χ0v) is 14.9. The molecule has 3 aromatic rings. The summed E-state index contributed by atoms with van der Waals surface area (Å²) in [5.41, 5.74) is 1.01. The van der Waals surface area contributed by atoms with Crippen molar-refractivity contribution in [1.29, 1.82) is 0 Å². The van der Waals surface area contributed by atoms with Gasteiger partial charge in [0, 0.05) is 6.07 Å². The largest absolute Gasteiger partial charge is 0.507 e. The Hall–Kier alpha value is -2.57. The highest BCUT2D eigenvalue weighted by atomic mass is 16.4. The van der Waals surface area contributed by atoms with E-state index in [1.807, 2.05) is 0 Å². The molecule has 3 heterocycles. The molecule has 136 valence electrons. The van der Waals surface area contributed by atoms with Gasteiger partial charge in [-0.1, -0.05) is 0 Å². The summed E-state index contributed by atoms with van der Waals surface area (Å²) >= 11 is 0. The topological polar surface area (TPSA) is 72.5 Å². The van der Waals surface area contributed by atoms with Crippen LogP contribution in [0.2, 0.25) is 0 Å². The molecule has 0 amide bonds. The Morgan fingerprint density at radius 3 is 2.54 bits per heavy atom. The number of phenolic OH excluding ortho intramolecular Hbond substituents is 1. The number of aromatic hydroxyl groups is 1. The average Bonchev–Trinajstić information content (AvgIpc) is 3.19. The Morgan fingerprint density at radius 2 is 1.85 bits per heavy atom. The second kappa shape index (κ2) is 6.97. The number of benzene rings is 1. The Bertz CT molecular complexity index is 954. The van der Waals surface area contributed by atoms with Crippen LogP contribution >= 0.6 is 0 Å². The van der Waals surface area contributed by atoms with Crippen LogP contribution in [-0.2, 0) is 6.54 Å². The molecule has 1 aliphatic heterocycles. The highest BCUT2D eigenvalue weighted by Gasteiger charge is 2.25. The molecule has 0 bridgehead atoms. The summed E-state index contributed by atoms with van der Waals surface area (Å²) in [6, 6.07) is 8.21. The monoisotopic (exact) mass is 356 g/mol. The molecular weight excluding hydrogens is 332 g/mol. The normalized spacial score (nSPS) is 20.5. The fourth-order valence-electron chi connectivity index (χ4n) is 3.77. The minimum absolute atomic E-state index is 0.152. The summed E-state index contributed by atoms with van der Waals surface area (Å²) < 4.78 is 11.2. The van der Waals surface area contributed by atoms with Gasteiger partial charge in [0.2, 0.25) is 0 Å². The van der Waals surface area contributed by atoms with Gasteiger partial charge >= 0.3 is 0 Å². The summed E-state index contributed by atoms with van der Waals surface area (Å²) in [6.07, 6.45) is 1.54. The predicted octanol–water partition coefficient (Wildman–Crippen LogP) is 0.0619. The molecule has 3 N–H and O–H groups in total. The molecule has 0 atom stereocenters. The summed E-state index contributed by atoms with van der Waals surface area (Å²) in [7, 11) is 0. The van der Waals surface area contributed by atoms with Gasteiger partial charge < -0.3 is 23.7 Å². The van der Waals surface area contributed by atoms with Gasteiger partial charge in [-0.15, -0.1) is 0 Å². The van der Waals surface area contributed by atoms with Crippen LogP contribution in [0.15, 0.2) is 50.2 Å². The van der Waals surface area contributed by atoms with Gasteiger partial charge in [0.1, 0.15) is 44.1 Å². The van der Waals surface area contributed by atoms with Crippen molar-refractivity contribution in [3.63, 3.8) is 0 Å². The number of phenols is 1. The van der Waals surface area contributed by atoms with Gasteiger partial charge in [0.25, 0.3) is 0 Å². The molecule has 0 unspecified atom stereocenters. The zero-order chi connectivity index (χ0) is 18.1. The molecule has 1 saturated heterocycles. The number of quaternary nitrogens is 2. The van der Waals surface area contributed by atoms with E-state index < -0.39 is 0 Å². The number of furan rings is 1. The molecular formula is C20H24N2O4+2. The Kier molecular flexibility index (Phi) is 4.53. The van der Waals surface area contributed by atoms with Crippen LogP contribution in [0.3, 0.4) is 0 Å². The van der Waals surface area contributed by atoms with Gasteiger partial charge in [0.05, 0.1) is 23.8 Å². The Morgan fingerprint density at radius 1 is 1.08 bits per heavy atom. The van der Waals surface area contributed by atoms with E-state index in [1.54, 1.807) is 35.4 Å². The van der Waals surface area contributed by atoms with Crippen LogP contribution < -0.4 is 15.2 Å². The molecule has 0 radical (unpaired) electrons. The maximum atomic E-state index is 12.8. The van der Waals surface area contributed by atoms with Crippen molar-refractivity contribution in [1.82, 2.24) is 0 Å². The van der Waals surface area contributed by atoms with Crippen molar-refractivity contribution < 1.29 is 23.7 Å². The SMILES string of the molecule is CC[NH+]1CC[NH+](Cc2c(O)ccc3oc(-c4ccco4)cc(=O)c23)CC1. The molecule has 6 heteroatoms. The number of hydrogen-bond donors (Lipinski definition) is 3. The Labute approximate surface area is 151 Å². The first-order valence-corrected chi connectivity index (χ1v) is 9.15. The fraction of sp³-hybridized carbons (Fsp3) is 0.350. The molecule has 2 aromatic heterocycles. The number of nitrogens with one attached hydrogen (secondary N) is 2. The average molecular weight is 356 g/mol. The highest BCUT2D eigenvalue weighted by Crippen LogP contribution is 2.28. The minimum atomic E-state index is -0.152. The van der Waals surface area contributed by atoms with Crippen LogP contribution in [-0.4, -0.2) is 37.8 Å². The molecule has 1 aromatic carbocycles. The molecule has 1 fully saturated rings. The van der Waals surface area contributed by atoms with Gasteiger partial charge in [-0.2, -0.15) is 0 Å². The van der Waals surface area contributed by atoms with Crippen molar-refractivity contribution in [2.45, 2.75) is 13.5 Å². The van der Waals surface area contributed by atoms with Crippen LogP contribution in [0.25, 0.3) is 22.5 Å². The van der Waals surface area contributed by atoms with Crippen molar-refractivity contribution in [2.75, 3.05) is 32.7 Å². The maximum Gasteiger partial charge on any atom is 0.194 e. The van der Waals surface area contributed by atoms with Crippen LogP contribution in [0.1, 0.15) is 12.5 Å². The van der Waals surface area contributed by atoms with Crippen molar-refractivity contribution in [3.05, 3.63) is 52.4 Å². The van der Waals surface area contributed by atoms with E-state index in [-0.39, 0.29) is 11.2 Å². The first kappa shape index (κ1) is 16.9. The molecule has 6 nitrogen and oxygen atoms in total. The molecule has 0 saturated carbocycles. The zero-order valence-electron chi connectivity index (χ0n) is 14.9. The van der Waals surface area contributed by atoms with Crippen molar-refractivity contribution >= 4 is 11.0 Å². The summed E-state index contributed by atoms with van der Waals surface area (Å²) in [5.74, 6) is 1.08. The second-order valence-corrected chi connectivity index (χ2v) is 6.92. The quantitative estimate of drug-likeness (QED) is 0.618. The molecule has 1 aliphatic rings. The summed E-state index contributed by atoms with van der Waals surface area (Å²) in [4.78, 5) is 15.8. The molecule has 0 aliphatic carbocycles. The third-order valence-electron chi connectivity index (χ3n) is 5.33. The fourth-order valence-corrected chi connectivity index (χ4v) is 3.77. The highest BCUT2D eigenvalue weighted by molar-refractivity contribution is 5.83. The van der Waals surface area contributed by atoms with E-state index in [4.69, 9.17) is 8.83 Å². The van der Waals surface area contributed by atoms with Crippen LogP contribution in [0.4, 0.5) is 0 Å². The third kappa shape index (κ3) is 3.13. The molecule has 26 heavy (non-hydrogen) atoms. The lowest BCUT2D eigenvalue weighted by atomic mass is 10.1. The number of likely N-dealkylation sites (N-methyl/N-ethyl adjacent to an activating group) is 1. The number of piperazine rings is 1. The third-order valence-corrected chi connectivity index (χ3v) is 5.33. The lowest BCUT2D eigenvalue weighted by Crippen LogP contribution is -3.27. The van der Waals surface area contributed by atoms with Gasteiger partial charge in [0.15, 0.2) is 16.9 Å². The Balaban J connectivity index is 1.70. The number of rotatable bonds is 4.